The second-order valence-electron chi connectivity index (χ2n) is 5.11. The number of aryl methyl sites for hydroxylation is 1. The van der Waals surface area contributed by atoms with Crippen molar-refractivity contribution in [2.45, 2.75) is 13.0 Å². The number of imidazole rings is 1. The molecule has 2 aromatic carbocycles. The monoisotopic (exact) mass is 297 g/mol. The van der Waals surface area contributed by atoms with E-state index >= 15 is 0 Å². The number of methoxy groups -OCH3 is 1. The molecule has 3 rings (SSSR count). The van der Waals surface area contributed by atoms with Gasteiger partial charge in [0.1, 0.15) is 17.1 Å². The van der Waals surface area contributed by atoms with Gasteiger partial charge in [0, 0.05) is 18.7 Å². The molecule has 0 bridgehead atoms. The number of benzene rings is 2. The van der Waals surface area contributed by atoms with E-state index in [0.29, 0.717) is 18.7 Å². The summed E-state index contributed by atoms with van der Waals surface area (Å²) >= 11 is 0. The van der Waals surface area contributed by atoms with Crippen molar-refractivity contribution in [3.05, 3.63) is 42.5 Å². The number of para-hydroxylation sites is 1. The van der Waals surface area contributed by atoms with Crippen LogP contribution in [0.4, 0.5) is 5.69 Å². The SMILES string of the molecule is COc1cccc(-c2nc3c(N)cccc3n2CCCO)c1. The molecule has 0 saturated carbocycles. The summed E-state index contributed by atoms with van der Waals surface area (Å²) in [7, 11) is 1.64. The summed E-state index contributed by atoms with van der Waals surface area (Å²) in [5, 5.41) is 9.16. The zero-order valence-corrected chi connectivity index (χ0v) is 12.5. The molecule has 1 aromatic heterocycles. The number of rotatable bonds is 5. The number of nitrogen functional groups attached to an aromatic ring is 1. The number of hydrogen-bond acceptors (Lipinski definition) is 4. The fourth-order valence-electron chi connectivity index (χ4n) is 2.61. The van der Waals surface area contributed by atoms with Crippen LogP contribution in [-0.4, -0.2) is 28.4 Å². The van der Waals surface area contributed by atoms with Crippen LogP contribution in [0.2, 0.25) is 0 Å². The van der Waals surface area contributed by atoms with Gasteiger partial charge >= 0.3 is 0 Å². The van der Waals surface area contributed by atoms with E-state index in [1.54, 1.807) is 7.11 Å². The summed E-state index contributed by atoms with van der Waals surface area (Å²) in [6.07, 6.45) is 0.664. The lowest BCUT2D eigenvalue weighted by Crippen LogP contribution is -2.02. The maximum atomic E-state index is 9.16. The van der Waals surface area contributed by atoms with Gasteiger partial charge in [-0.3, -0.25) is 0 Å². The first kappa shape index (κ1) is 14.4. The molecule has 0 aliphatic carbocycles. The van der Waals surface area contributed by atoms with Gasteiger partial charge in [-0.2, -0.15) is 0 Å². The highest BCUT2D eigenvalue weighted by Gasteiger charge is 2.14. The lowest BCUT2D eigenvalue weighted by atomic mass is 10.2. The van der Waals surface area contributed by atoms with Crippen LogP contribution in [0.1, 0.15) is 6.42 Å². The third-order valence-electron chi connectivity index (χ3n) is 3.68. The van der Waals surface area contributed by atoms with Crippen LogP contribution in [0, 0.1) is 0 Å². The quantitative estimate of drug-likeness (QED) is 0.710. The molecule has 5 heteroatoms. The average Bonchev–Trinajstić information content (AvgIpc) is 2.93. The van der Waals surface area contributed by atoms with Gasteiger partial charge in [-0.1, -0.05) is 18.2 Å². The van der Waals surface area contributed by atoms with E-state index in [4.69, 9.17) is 20.6 Å². The van der Waals surface area contributed by atoms with Gasteiger partial charge in [0.25, 0.3) is 0 Å². The van der Waals surface area contributed by atoms with Crippen molar-refractivity contribution in [1.82, 2.24) is 9.55 Å². The molecule has 0 spiro atoms. The number of ether oxygens (including phenoxy) is 1. The largest absolute Gasteiger partial charge is 0.497 e. The maximum Gasteiger partial charge on any atom is 0.141 e. The van der Waals surface area contributed by atoms with Gasteiger partial charge < -0.3 is 20.1 Å². The van der Waals surface area contributed by atoms with Crippen molar-refractivity contribution in [3.8, 4) is 17.1 Å². The summed E-state index contributed by atoms with van der Waals surface area (Å²) in [5.74, 6) is 1.62. The Morgan fingerprint density at radius 2 is 2.05 bits per heavy atom. The van der Waals surface area contributed by atoms with Gasteiger partial charge in [-0.05, 0) is 30.7 Å². The predicted octanol–water partition coefficient (Wildman–Crippen LogP) is 2.68. The minimum atomic E-state index is 0.138. The zero-order chi connectivity index (χ0) is 15.5. The summed E-state index contributed by atoms with van der Waals surface area (Å²) in [6.45, 7) is 0.822. The average molecular weight is 297 g/mol. The Morgan fingerprint density at radius 3 is 2.82 bits per heavy atom. The van der Waals surface area contributed by atoms with Crippen molar-refractivity contribution >= 4 is 16.7 Å². The number of aromatic nitrogens is 2. The molecule has 0 aliphatic heterocycles. The van der Waals surface area contributed by atoms with Gasteiger partial charge in [0.05, 0.1) is 18.3 Å². The highest BCUT2D eigenvalue weighted by molar-refractivity contribution is 5.90. The lowest BCUT2D eigenvalue weighted by molar-refractivity contribution is 0.281. The molecular formula is C17H19N3O2. The third kappa shape index (κ3) is 2.51. The molecule has 0 atom stereocenters. The second-order valence-corrected chi connectivity index (χ2v) is 5.11. The Hall–Kier alpha value is -2.53. The first-order chi connectivity index (χ1) is 10.7. The van der Waals surface area contributed by atoms with Crippen LogP contribution in [-0.2, 0) is 6.54 Å². The van der Waals surface area contributed by atoms with E-state index in [9.17, 15) is 0 Å². The van der Waals surface area contributed by atoms with E-state index in [1.807, 2.05) is 42.5 Å². The molecule has 3 aromatic rings. The van der Waals surface area contributed by atoms with E-state index in [-0.39, 0.29) is 6.61 Å². The van der Waals surface area contributed by atoms with Crippen LogP contribution in [0.25, 0.3) is 22.4 Å². The molecule has 5 nitrogen and oxygen atoms in total. The fourth-order valence-corrected chi connectivity index (χ4v) is 2.61. The highest BCUT2D eigenvalue weighted by atomic mass is 16.5. The molecule has 0 unspecified atom stereocenters. The van der Waals surface area contributed by atoms with Crippen LogP contribution in [0.15, 0.2) is 42.5 Å². The highest BCUT2D eigenvalue weighted by Crippen LogP contribution is 2.29. The van der Waals surface area contributed by atoms with Crippen molar-refractivity contribution in [3.63, 3.8) is 0 Å². The van der Waals surface area contributed by atoms with Gasteiger partial charge in [-0.25, -0.2) is 4.98 Å². The number of nitrogens with zero attached hydrogens (tertiary/aromatic N) is 2. The predicted molar refractivity (Wildman–Crippen MR) is 87.8 cm³/mol. The molecule has 114 valence electrons. The standard InChI is InChI=1S/C17H19N3O2/c1-22-13-6-2-5-12(11-13)17-19-16-14(18)7-3-8-15(16)20(17)9-4-10-21/h2-3,5-8,11,21H,4,9-10,18H2,1H3. The van der Waals surface area contributed by atoms with Gasteiger partial charge in [0.15, 0.2) is 0 Å². The van der Waals surface area contributed by atoms with Crippen molar-refractivity contribution < 1.29 is 9.84 Å². The summed E-state index contributed by atoms with van der Waals surface area (Å²) in [6, 6.07) is 13.6. The molecular weight excluding hydrogens is 278 g/mol. The Morgan fingerprint density at radius 1 is 1.23 bits per heavy atom. The van der Waals surface area contributed by atoms with Gasteiger partial charge in [-0.15, -0.1) is 0 Å². The Balaban J connectivity index is 2.20. The first-order valence-electron chi connectivity index (χ1n) is 7.24. The normalized spacial score (nSPS) is 11.0. The van der Waals surface area contributed by atoms with Crippen LogP contribution >= 0.6 is 0 Å². The topological polar surface area (TPSA) is 73.3 Å². The number of aliphatic hydroxyl groups excluding tert-OH is 1. The molecule has 0 aliphatic rings. The van der Waals surface area contributed by atoms with Crippen LogP contribution in [0.5, 0.6) is 5.75 Å². The number of anilines is 1. The molecule has 22 heavy (non-hydrogen) atoms. The van der Waals surface area contributed by atoms with E-state index in [0.717, 1.165) is 28.2 Å². The maximum absolute atomic E-state index is 9.16. The minimum Gasteiger partial charge on any atom is -0.497 e. The molecule has 1 heterocycles. The minimum absolute atomic E-state index is 0.138. The van der Waals surface area contributed by atoms with Crippen LogP contribution in [0.3, 0.4) is 0 Å². The number of hydrogen-bond donors (Lipinski definition) is 2. The van der Waals surface area contributed by atoms with E-state index in [1.165, 1.54) is 0 Å². The van der Waals surface area contributed by atoms with Crippen molar-refractivity contribution in [2.75, 3.05) is 19.5 Å². The molecule has 0 radical (unpaired) electrons. The lowest BCUT2D eigenvalue weighted by Gasteiger charge is -2.09. The Labute approximate surface area is 129 Å². The molecule has 0 fully saturated rings. The van der Waals surface area contributed by atoms with Crippen molar-refractivity contribution in [1.29, 1.82) is 0 Å². The molecule has 0 amide bonds. The number of fused-ring (bicyclic) bond motifs is 1. The summed E-state index contributed by atoms with van der Waals surface area (Å²) in [4.78, 5) is 4.71. The smallest absolute Gasteiger partial charge is 0.141 e. The van der Waals surface area contributed by atoms with Crippen LogP contribution < -0.4 is 10.5 Å². The summed E-state index contributed by atoms with van der Waals surface area (Å²) in [5.41, 5.74) is 9.44. The molecule has 3 N–H and O–H groups in total. The summed E-state index contributed by atoms with van der Waals surface area (Å²) < 4.78 is 7.39. The first-order valence-corrected chi connectivity index (χ1v) is 7.24. The molecule has 0 saturated heterocycles. The number of aliphatic hydroxyl groups is 1. The second kappa shape index (κ2) is 6.07. The number of nitrogens with two attached hydrogens (primary N) is 1. The zero-order valence-electron chi connectivity index (χ0n) is 12.5. The van der Waals surface area contributed by atoms with E-state index < -0.39 is 0 Å². The Bertz CT molecular complexity index is 796. The van der Waals surface area contributed by atoms with E-state index in [2.05, 4.69) is 4.57 Å². The van der Waals surface area contributed by atoms with Crippen molar-refractivity contribution in [2.24, 2.45) is 0 Å². The third-order valence-corrected chi connectivity index (χ3v) is 3.68. The Kier molecular flexibility index (Phi) is 3.98. The fraction of sp³-hybridized carbons (Fsp3) is 0.235. The van der Waals surface area contributed by atoms with Gasteiger partial charge in [0.2, 0.25) is 0 Å².